The molecule has 1 aromatic rings. The fourth-order valence-electron chi connectivity index (χ4n) is 2.41. The van der Waals surface area contributed by atoms with Gasteiger partial charge >= 0.3 is 0 Å². The number of halogens is 2. The Morgan fingerprint density at radius 1 is 1.33 bits per heavy atom. The van der Waals surface area contributed by atoms with Gasteiger partial charge in [0.25, 0.3) is 5.91 Å². The highest BCUT2D eigenvalue weighted by atomic mass is 79.9. The van der Waals surface area contributed by atoms with Crippen molar-refractivity contribution in [3.05, 3.63) is 33.3 Å². The number of rotatable bonds is 4. The van der Waals surface area contributed by atoms with E-state index in [1.54, 1.807) is 18.2 Å². The summed E-state index contributed by atoms with van der Waals surface area (Å²) in [6.45, 7) is 1.79. The van der Waals surface area contributed by atoms with Gasteiger partial charge in [-0.3, -0.25) is 14.5 Å². The van der Waals surface area contributed by atoms with Crippen LogP contribution >= 0.6 is 27.5 Å². The van der Waals surface area contributed by atoms with Crippen molar-refractivity contribution in [2.75, 3.05) is 19.6 Å². The lowest BCUT2D eigenvalue weighted by Gasteiger charge is -2.31. The predicted octanol–water partition coefficient (Wildman–Crippen LogP) is 1.78. The number of carbonyl (C=O) groups excluding carboxylic acids is 2. The Hall–Kier alpha value is -1.11. The Bertz CT molecular complexity index is 525. The highest BCUT2D eigenvalue weighted by Gasteiger charge is 2.22. The van der Waals surface area contributed by atoms with Crippen LogP contribution in [-0.4, -0.2) is 42.4 Å². The van der Waals surface area contributed by atoms with Crippen molar-refractivity contribution < 1.29 is 9.59 Å². The number of carbonyl (C=O) groups is 2. The molecule has 114 valence electrons. The summed E-state index contributed by atoms with van der Waals surface area (Å²) in [5, 5.41) is 3.52. The zero-order valence-electron chi connectivity index (χ0n) is 11.4. The van der Waals surface area contributed by atoms with Crippen molar-refractivity contribution in [2.24, 2.45) is 5.73 Å². The molecule has 5 nitrogen and oxygen atoms in total. The lowest BCUT2D eigenvalue weighted by Crippen LogP contribution is -2.46. The summed E-state index contributed by atoms with van der Waals surface area (Å²) < 4.78 is 0.774. The van der Waals surface area contributed by atoms with Crippen molar-refractivity contribution in [1.82, 2.24) is 10.2 Å². The Balaban J connectivity index is 1.88. The largest absolute Gasteiger partial charge is 0.369 e. The molecule has 1 aromatic carbocycles. The van der Waals surface area contributed by atoms with Crippen LogP contribution in [0.2, 0.25) is 5.02 Å². The summed E-state index contributed by atoms with van der Waals surface area (Å²) in [5.74, 6) is -0.451. The molecule has 7 heteroatoms. The first kappa shape index (κ1) is 16.3. The van der Waals surface area contributed by atoms with Gasteiger partial charge in [0.1, 0.15) is 0 Å². The highest BCUT2D eigenvalue weighted by Crippen LogP contribution is 2.20. The van der Waals surface area contributed by atoms with Crippen LogP contribution < -0.4 is 11.1 Å². The minimum absolute atomic E-state index is 0.111. The van der Waals surface area contributed by atoms with Gasteiger partial charge in [0, 0.05) is 34.2 Å². The fraction of sp³-hybridized carbons (Fsp3) is 0.429. The van der Waals surface area contributed by atoms with Gasteiger partial charge in [-0.1, -0.05) is 27.5 Å². The van der Waals surface area contributed by atoms with Crippen molar-refractivity contribution >= 4 is 39.3 Å². The SMILES string of the molecule is NC(=O)CN1CCC(NC(=O)c2cc(Cl)cc(Br)c2)CC1. The lowest BCUT2D eigenvalue weighted by molar-refractivity contribution is -0.119. The Morgan fingerprint density at radius 2 is 2.00 bits per heavy atom. The summed E-state index contributed by atoms with van der Waals surface area (Å²) in [7, 11) is 0. The number of hydrogen-bond acceptors (Lipinski definition) is 3. The standard InChI is InChI=1S/C14H17BrClN3O2/c15-10-5-9(6-11(16)7-10)14(21)18-12-1-3-19(4-2-12)8-13(17)20/h5-7,12H,1-4,8H2,(H2,17,20)(H,18,21). The second-order valence-electron chi connectivity index (χ2n) is 5.15. The van der Waals surface area contributed by atoms with Crippen LogP contribution in [-0.2, 0) is 4.79 Å². The minimum atomic E-state index is -0.318. The van der Waals surface area contributed by atoms with E-state index >= 15 is 0 Å². The molecule has 0 spiro atoms. The molecule has 2 rings (SSSR count). The maximum absolute atomic E-state index is 12.2. The molecular formula is C14H17BrClN3O2. The third kappa shape index (κ3) is 4.98. The zero-order chi connectivity index (χ0) is 15.4. The lowest BCUT2D eigenvalue weighted by atomic mass is 10.0. The molecule has 1 saturated heterocycles. The van der Waals surface area contributed by atoms with E-state index in [9.17, 15) is 9.59 Å². The number of nitrogens with one attached hydrogen (secondary N) is 1. The number of likely N-dealkylation sites (tertiary alicyclic amines) is 1. The minimum Gasteiger partial charge on any atom is -0.369 e. The maximum atomic E-state index is 12.2. The van der Waals surface area contributed by atoms with Gasteiger partial charge in [0.05, 0.1) is 6.54 Å². The van der Waals surface area contributed by atoms with Gasteiger partial charge in [-0.2, -0.15) is 0 Å². The quantitative estimate of drug-likeness (QED) is 0.843. The predicted molar refractivity (Wildman–Crippen MR) is 85.3 cm³/mol. The topological polar surface area (TPSA) is 75.4 Å². The van der Waals surface area contributed by atoms with Gasteiger partial charge in [-0.15, -0.1) is 0 Å². The molecule has 0 saturated carbocycles. The van der Waals surface area contributed by atoms with E-state index in [1.165, 1.54) is 0 Å². The molecule has 1 heterocycles. The van der Waals surface area contributed by atoms with Crippen LogP contribution in [0.4, 0.5) is 0 Å². The Labute approximate surface area is 136 Å². The van der Waals surface area contributed by atoms with Gasteiger partial charge in [-0.05, 0) is 31.0 Å². The molecule has 0 aromatic heterocycles. The summed E-state index contributed by atoms with van der Waals surface area (Å²) >= 11 is 9.27. The van der Waals surface area contributed by atoms with Crippen LogP contribution in [0, 0.1) is 0 Å². The zero-order valence-corrected chi connectivity index (χ0v) is 13.8. The van der Waals surface area contributed by atoms with E-state index in [-0.39, 0.29) is 24.4 Å². The van der Waals surface area contributed by atoms with Crippen LogP contribution in [0.5, 0.6) is 0 Å². The first-order valence-electron chi connectivity index (χ1n) is 6.71. The van der Waals surface area contributed by atoms with E-state index in [2.05, 4.69) is 21.2 Å². The Kier molecular flexibility index (Phi) is 5.61. The monoisotopic (exact) mass is 373 g/mol. The average Bonchev–Trinajstić information content (AvgIpc) is 2.39. The van der Waals surface area contributed by atoms with E-state index in [4.69, 9.17) is 17.3 Å². The van der Waals surface area contributed by atoms with E-state index < -0.39 is 0 Å². The third-order valence-electron chi connectivity index (χ3n) is 3.43. The first-order valence-corrected chi connectivity index (χ1v) is 7.89. The summed E-state index contributed by atoms with van der Waals surface area (Å²) in [6, 6.07) is 5.23. The van der Waals surface area contributed by atoms with Gasteiger partial charge in [0.2, 0.25) is 5.91 Å². The molecule has 0 atom stereocenters. The molecule has 0 unspecified atom stereocenters. The van der Waals surface area contributed by atoms with Crippen LogP contribution in [0.1, 0.15) is 23.2 Å². The molecule has 1 aliphatic rings. The van der Waals surface area contributed by atoms with E-state index in [0.717, 1.165) is 30.4 Å². The van der Waals surface area contributed by atoms with Gasteiger partial charge in [0.15, 0.2) is 0 Å². The van der Waals surface area contributed by atoms with Crippen LogP contribution in [0.3, 0.4) is 0 Å². The Morgan fingerprint density at radius 3 is 2.57 bits per heavy atom. The molecule has 0 radical (unpaired) electrons. The summed E-state index contributed by atoms with van der Waals surface area (Å²) in [4.78, 5) is 25.1. The fourth-order valence-corrected chi connectivity index (χ4v) is 3.27. The molecule has 0 bridgehead atoms. The van der Waals surface area contributed by atoms with Gasteiger partial charge in [-0.25, -0.2) is 0 Å². The van der Waals surface area contributed by atoms with Crippen molar-refractivity contribution in [2.45, 2.75) is 18.9 Å². The average molecular weight is 375 g/mol. The molecule has 2 amide bonds. The maximum Gasteiger partial charge on any atom is 0.251 e. The van der Waals surface area contributed by atoms with E-state index in [1.807, 2.05) is 4.90 Å². The van der Waals surface area contributed by atoms with Crippen LogP contribution in [0.25, 0.3) is 0 Å². The number of piperidine rings is 1. The molecule has 21 heavy (non-hydrogen) atoms. The normalized spacial score (nSPS) is 16.7. The number of amides is 2. The number of nitrogens with zero attached hydrogens (tertiary/aromatic N) is 1. The van der Waals surface area contributed by atoms with E-state index in [0.29, 0.717) is 10.6 Å². The summed E-state index contributed by atoms with van der Waals surface area (Å²) in [6.07, 6.45) is 1.61. The first-order chi connectivity index (χ1) is 9.94. The third-order valence-corrected chi connectivity index (χ3v) is 4.10. The summed E-state index contributed by atoms with van der Waals surface area (Å²) in [5.41, 5.74) is 5.71. The number of hydrogen-bond donors (Lipinski definition) is 2. The van der Waals surface area contributed by atoms with Crippen molar-refractivity contribution in [1.29, 1.82) is 0 Å². The molecular weight excluding hydrogens is 358 g/mol. The number of primary amides is 1. The number of benzene rings is 1. The molecule has 0 aliphatic carbocycles. The van der Waals surface area contributed by atoms with Crippen LogP contribution in [0.15, 0.2) is 22.7 Å². The second kappa shape index (κ2) is 7.24. The molecule has 1 fully saturated rings. The molecule has 3 N–H and O–H groups in total. The van der Waals surface area contributed by atoms with Crippen molar-refractivity contribution in [3.63, 3.8) is 0 Å². The smallest absolute Gasteiger partial charge is 0.251 e. The highest BCUT2D eigenvalue weighted by molar-refractivity contribution is 9.10. The molecule has 1 aliphatic heterocycles. The van der Waals surface area contributed by atoms with Gasteiger partial charge < -0.3 is 11.1 Å². The second-order valence-corrected chi connectivity index (χ2v) is 6.50. The number of nitrogens with two attached hydrogens (primary N) is 1. The van der Waals surface area contributed by atoms with Crippen molar-refractivity contribution in [3.8, 4) is 0 Å².